The summed E-state index contributed by atoms with van der Waals surface area (Å²) in [5.74, 6) is 1.04. The summed E-state index contributed by atoms with van der Waals surface area (Å²) in [6, 6.07) is 9.12. The fourth-order valence-corrected chi connectivity index (χ4v) is 1.99. The van der Waals surface area contributed by atoms with Crippen LogP contribution in [0, 0.1) is 0 Å². The molecule has 0 amide bonds. The van der Waals surface area contributed by atoms with Crippen LogP contribution in [0.3, 0.4) is 0 Å². The molecule has 1 fully saturated rings. The maximum atomic E-state index is 6.00. The molecule has 94 valence electrons. The Kier molecular flexibility index (Phi) is 4.43. The predicted octanol–water partition coefficient (Wildman–Crippen LogP) is 3.51. The van der Waals surface area contributed by atoms with Crippen LogP contribution >= 0.6 is 0 Å². The van der Waals surface area contributed by atoms with E-state index in [-0.39, 0.29) is 0 Å². The van der Waals surface area contributed by atoms with E-state index in [1.54, 1.807) is 0 Å². The first kappa shape index (κ1) is 12.4. The lowest BCUT2D eigenvalue weighted by Crippen LogP contribution is -2.18. The maximum Gasteiger partial charge on any atom is 0.124 e. The lowest BCUT2D eigenvalue weighted by Gasteiger charge is -2.17. The number of hydrogen-bond donors (Lipinski definition) is 1. The van der Waals surface area contributed by atoms with Crippen LogP contribution < -0.4 is 10.1 Å². The van der Waals surface area contributed by atoms with Crippen LogP contribution in [-0.4, -0.2) is 12.1 Å². The number of hydrogen-bond acceptors (Lipinski definition) is 2. The lowest BCUT2D eigenvalue weighted by atomic mass is 10.2. The molecule has 0 aliphatic heterocycles. The fourth-order valence-electron chi connectivity index (χ4n) is 1.99. The van der Waals surface area contributed by atoms with E-state index in [0.717, 1.165) is 24.8 Å². The van der Waals surface area contributed by atoms with Gasteiger partial charge in [0.2, 0.25) is 0 Å². The Bertz CT molecular complexity index is 347. The summed E-state index contributed by atoms with van der Waals surface area (Å²) < 4.78 is 6.00. The van der Waals surface area contributed by atoms with Crippen molar-refractivity contribution in [3.05, 3.63) is 29.8 Å². The SMILES string of the molecule is CCCC(C)Oc1ccccc1CNC1CC1. The van der Waals surface area contributed by atoms with Gasteiger partial charge >= 0.3 is 0 Å². The molecule has 17 heavy (non-hydrogen) atoms. The quantitative estimate of drug-likeness (QED) is 0.778. The molecule has 1 aliphatic rings. The molecule has 0 aromatic heterocycles. The van der Waals surface area contributed by atoms with Crippen molar-refractivity contribution in [1.82, 2.24) is 5.32 Å². The van der Waals surface area contributed by atoms with Crippen LogP contribution in [0.15, 0.2) is 24.3 Å². The smallest absolute Gasteiger partial charge is 0.124 e. The monoisotopic (exact) mass is 233 g/mol. The standard InChI is InChI=1S/C15H23NO/c1-3-6-12(2)17-15-8-5-4-7-13(15)11-16-14-9-10-14/h4-5,7-8,12,14,16H,3,6,9-11H2,1-2H3. The molecule has 1 aliphatic carbocycles. The van der Waals surface area contributed by atoms with Gasteiger partial charge in [-0.3, -0.25) is 0 Å². The van der Waals surface area contributed by atoms with Crippen LogP contribution in [-0.2, 0) is 6.54 Å². The fraction of sp³-hybridized carbons (Fsp3) is 0.600. The van der Waals surface area contributed by atoms with E-state index in [2.05, 4.69) is 43.4 Å². The third-order valence-corrected chi connectivity index (χ3v) is 3.15. The van der Waals surface area contributed by atoms with Crippen molar-refractivity contribution < 1.29 is 4.74 Å². The van der Waals surface area contributed by atoms with Crippen LogP contribution in [0.2, 0.25) is 0 Å². The molecule has 0 bridgehead atoms. The van der Waals surface area contributed by atoms with Gasteiger partial charge in [0.05, 0.1) is 6.10 Å². The highest BCUT2D eigenvalue weighted by Gasteiger charge is 2.20. The molecule has 1 N–H and O–H groups in total. The number of para-hydroxylation sites is 1. The summed E-state index contributed by atoms with van der Waals surface area (Å²) in [4.78, 5) is 0. The molecule has 2 nitrogen and oxygen atoms in total. The van der Waals surface area contributed by atoms with E-state index < -0.39 is 0 Å². The first-order valence-electron chi connectivity index (χ1n) is 6.77. The number of benzene rings is 1. The summed E-state index contributed by atoms with van der Waals surface area (Å²) in [6.45, 7) is 5.27. The van der Waals surface area contributed by atoms with E-state index >= 15 is 0 Å². The second-order valence-electron chi connectivity index (χ2n) is 4.98. The molecule has 1 unspecified atom stereocenters. The van der Waals surface area contributed by atoms with Gasteiger partial charge in [0.25, 0.3) is 0 Å². The van der Waals surface area contributed by atoms with Crippen LogP contribution in [0.5, 0.6) is 5.75 Å². The van der Waals surface area contributed by atoms with E-state index in [4.69, 9.17) is 4.74 Å². The molecule has 1 aromatic carbocycles. The Labute approximate surface area is 104 Å². The Balaban J connectivity index is 1.93. The third-order valence-electron chi connectivity index (χ3n) is 3.15. The lowest BCUT2D eigenvalue weighted by molar-refractivity contribution is 0.207. The Morgan fingerprint density at radius 1 is 1.35 bits per heavy atom. The molecular formula is C15H23NO. The van der Waals surface area contributed by atoms with Crippen molar-refractivity contribution in [3.8, 4) is 5.75 Å². The zero-order chi connectivity index (χ0) is 12.1. The zero-order valence-corrected chi connectivity index (χ0v) is 10.9. The summed E-state index contributed by atoms with van der Waals surface area (Å²) in [7, 11) is 0. The van der Waals surface area contributed by atoms with Crippen LogP contribution in [0.25, 0.3) is 0 Å². The van der Waals surface area contributed by atoms with E-state index in [0.29, 0.717) is 6.10 Å². The number of rotatable bonds is 7. The minimum absolute atomic E-state index is 0.307. The Morgan fingerprint density at radius 3 is 2.82 bits per heavy atom. The molecule has 1 aromatic rings. The number of nitrogens with one attached hydrogen (secondary N) is 1. The average Bonchev–Trinajstić information content (AvgIpc) is 3.12. The predicted molar refractivity (Wildman–Crippen MR) is 71.3 cm³/mol. The summed E-state index contributed by atoms with van der Waals surface area (Å²) in [5.41, 5.74) is 1.28. The first-order chi connectivity index (χ1) is 8.29. The molecule has 2 heteroatoms. The first-order valence-corrected chi connectivity index (χ1v) is 6.77. The van der Waals surface area contributed by atoms with Gasteiger partial charge < -0.3 is 10.1 Å². The molecule has 0 spiro atoms. The van der Waals surface area contributed by atoms with E-state index in [9.17, 15) is 0 Å². The topological polar surface area (TPSA) is 21.3 Å². The third kappa shape index (κ3) is 4.04. The van der Waals surface area contributed by atoms with Gasteiger partial charge in [-0.2, -0.15) is 0 Å². The molecule has 0 radical (unpaired) electrons. The summed E-state index contributed by atoms with van der Waals surface area (Å²) >= 11 is 0. The molecule has 1 saturated carbocycles. The second kappa shape index (κ2) is 6.06. The molecule has 0 saturated heterocycles. The number of ether oxygens (including phenoxy) is 1. The van der Waals surface area contributed by atoms with Gasteiger partial charge in [0.15, 0.2) is 0 Å². The van der Waals surface area contributed by atoms with Gasteiger partial charge in [-0.15, -0.1) is 0 Å². The normalized spacial score (nSPS) is 16.8. The molecule has 2 rings (SSSR count). The Hall–Kier alpha value is -1.02. The van der Waals surface area contributed by atoms with Crippen molar-refractivity contribution >= 4 is 0 Å². The van der Waals surface area contributed by atoms with Crippen LogP contribution in [0.4, 0.5) is 0 Å². The Morgan fingerprint density at radius 2 is 2.12 bits per heavy atom. The van der Waals surface area contributed by atoms with Gasteiger partial charge in [-0.25, -0.2) is 0 Å². The second-order valence-corrected chi connectivity index (χ2v) is 4.98. The van der Waals surface area contributed by atoms with Gasteiger partial charge in [0, 0.05) is 18.2 Å². The van der Waals surface area contributed by atoms with Crippen LogP contribution in [0.1, 0.15) is 45.1 Å². The highest BCUT2D eigenvalue weighted by molar-refractivity contribution is 5.33. The zero-order valence-electron chi connectivity index (χ0n) is 10.9. The van der Waals surface area contributed by atoms with E-state index in [1.165, 1.54) is 24.8 Å². The molecule has 1 atom stereocenters. The largest absolute Gasteiger partial charge is 0.490 e. The highest BCUT2D eigenvalue weighted by atomic mass is 16.5. The van der Waals surface area contributed by atoms with Crippen molar-refractivity contribution in [1.29, 1.82) is 0 Å². The summed E-state index contributed by atoms with van der Waals surface area (Å²) in [6.07, 6.45) is 5.25. The maximum absolute atomic E-state index is 6.00. The van der Waals surface area contributed by atoms with Gasteiger partial charge in [-0.1, -0.05) is 31.5 Å². The average molecular weight is 233 g/mol. The van der Waals surface area contributed by atoms with Gasteiger partial charge in [0.1, 0.15) is 5.75 Å². The minimum Gasteiger partial charge on any atom is -0.490 e. The van der Waals surface area contributed by atoms with Crippen molar-refractivity contribution in [2.45, 2.75) is 58.2 Å². The van der Waals surface area contributed by atoms with Crippen molar-refractivity contribution in [2.24, 2.45) is 0 Å². The van der Waals surface area contributed by atoms with Crippen molar-refractivity contribution in [3.63, 3.8) is 0 Å². The van der Waals surface area contributed by atoms with Crippen molar-refractivity contribution in [2.75, 3.05) is 0 Å². The van der Waals surface area contributed by atoms with Gasteiger partial charge in [-0.05, 0) is 32.3 Å². The molecule has 0 heterocycles. The van der Waals surface area contributed by atoms with E-state index in [1.807, 2.05) is 0 Å². The highest BCUT2D eigenvalue weighted by Crippen LogP contribution is 2.23. The minimum atomic E-state index is 0.307. The summed E-state index contributed by atoms with van der Waals surface area (Å²) in [5, 5.41) is 3.54. The molecular weight excluding hydrogens is 210 g/mol.